The number of carbonyl (C=O) groups is 2. The quantitative estimate of drug-likeness (QED) is 0.748. The number of halogens is 2. The number of hydrogen-bond acceptors (Lipinski definition) is 5. The van der Waals surface area contributed by atoms with Gasteiger partial charge in [0, 0.05) is 63.7 Å². The summed E-state index contributed by atoms with van der Waals surface area (Å²) < 4.78 is 28.1. The van der Waals surface area contributed by atoms with Crippen molar-refractivity contribution in [3.63, 3.8) is 0 Å². The van der Waals surface area contributed by atoms with Gasteiger partial charge in [-0.2, -0.15) is 0 Å². The maximum absolute atomic E-state index is 13.5. The van der Waals surface area contributed by atoms with Crippen LogP contribution in [0.25, 0.3) is 0 Å². The van der Waals surface area contributed by atoms with E-state index in [1.54, 1.807) is 18.3 Å². The van der Waals surface area contributed by atoms with Gasteiger partial charge < -0.3 is 15.1 Å². The highest BCUT2D eigenvalue weighted by molar-refractivity contribution is 5.94. The molecule has 2 fully saturated rings. The molecule has 2 amide bonds. The highest BCUT2D eigenvalue weighted by Gasteiger charge is 2.46. The smallest absolute Gasteiger partial charge is 0.326 e. The van der Waals surface area contributed by atoms with Gasteiger partial charge >= 0.3 is 6.03 Å². The van der Waals surface area contributed by atoms with Gasteiger partial charge in [0.05, 0.1) is 5.56 Å². The number of carbonyl (C=O) groups excluding carboxylic acids is 2. The summed E-state index contributed by atoms with van der Waals surface area (Å²) in [4.78, 5) is 32.9. The van der Waals surface area contributed by atoms with Crippen LogP contribution in [0.15, 0.2) is 30.6 Å². The first-order valence-electron chi connectivity index (χ1n) is 10.7. The number of nitrogens with zero attached hydrogens (tertiary/aromatic N) is 4. The van der Waals surface area contributed by atoms with E-state index in [1.807, 2.05) is 11.0 Å². The van der Waals surface area contributed by atoms with E-state index in [0.717, 1.165) is 30.0 Å². The summed E-state index contributed by atoms with van der Waals surface area (Å²) in [5.74, 6) is -1.45. The third-order valence-electron chi connectivity index (χ3n) is 6.60. The van der Waals surface area contributed by atoms with E-state index in [1.165, 1.54) is 22.7 Å². The fourth-order valence-corrected chi connectivity index (χ4v) is 4.64. The van der Waals surface area contributed by atoms with Crippen LogP contribution in [0.1, 0.15) is 41.1 Å². The van der Waals surface area contributed by atoms with Crippen LogP contribution in [0.4, 0.5) is 25.1 Å². The van der Waals surface area contributed by atoms with Crippen molar-refractivity contribution >= 4 is 23.4 Å². The molecule has 2 aliphatic heterocycles. The molecule has 2 N–H and O–H groups in total. The lowest BCUT2D eigenvalue weighted by molar-refractivity contribution is -0.0494. The number of nitrogens with one attached hydrogen (secondary N) is 2. The third kappa shape index (κ3) is 3.53. The molecular weight excluding hydrogens is 418 g/mol. The maximum Gasteiger partial charge on any atom is 0.326 e. The van der Waals surface area contributed by atoms with Crippen molar-refractivity contribution in [3.05, 3.63) is 47.2 Å². The van der Waals surface area contributed by atoms with Crippen molar-refractivity contribution < 1.29 is 18.4 Å². The van der Waals surface area contributed by atoms with Crippen molar-refractivity contribution in [2.45, 2.75) is 31.1 Å². The van der Waals surface area contributed by atoms with Crippen LogP contribution in [0.5, 0.6) is 0 Å². The molecule has 10 heteroatoms. The number of pyridine rings is 2. The minimum absolute atomic E-state index is 0.0444. The summed E-state index contributed by atoms with van der Waals surface area (Å²) in [6.45, 7) is 0.841. The molecule has 0 aromatic carbocycles. The van der Waals surface area contributed by atoms with Crippen LogP contribution < -0.4 is 15.7 Å². The topological polar surface area (TPSA) is 94.3 Å². The molecule has 2 aromatic heterocycles. The number of hydrogen-bond donors (Lipinski definition) is 2. The van der Waals surface area contributed by atoms with Crippen LogP contribution >= 0.6 is 0 Å². The molecule has 0 spiro atoms. The lowest BCUT2D eigenvalue weighted by atomic mass is 10.0. The second-order valence-corrected chi connectivity index (χ2v) is 8.69. The number of rotatable bonds is 2. The molecule has 0 radical (unpaired) electrons. The number of fused-ring (bicyclic) bond motifs is 3. The summed E-state index contributed by atoms with van der Waals surface area (Å²) in [6, 6.07) is 4.86. The van der Waals surface area contributed by atoms with Crippen LogP contribution in [0.3, 0.4) is 0 Å². The fraction of sp³-hybridized carbons (Fsp3) is 0.455. The number of anilines is 2. The zero-order valence-corrected chi connectivity index (χ0v) is 17.6. The lowest BCUT2D eigenvalue weighted by Gasteiger charge is -2.33. The standard InChI is InChI=1S/C22H24F2N6O2/c1-26-21(32)29-5-2-15(10-18(29)25)30-12-14-9-16(14)17-8-13(11-27-19(17)30)20(31)28-6-3-22(23,24)4-7-28/h2,5,8,10-11,14,16,25H,3-4,6-7,9,12H2,1H3,(H,26,32). The third-order valence-corrected chi connectivity index (χ3v) is 6.60. The van der Waals surface area contributed by atoms with Gasteiger partial charge in [0.2, 0.25) is 0 Å². The molecule has 2 atom stereocenters. The molecule has 3 aliphatic rings. The van der Waals surface area contributed by atoms with Crippen molar-refractivity contribution in [1.29, 1.82) is 5.41 Å². The second-order valence-electron chi connectivity index (χ2n) is 8.69. The van der Waals surface area contributed by atoms with E-state index in [2.05, 4.69) is 10.3 Å². The Morgan fingerprint density at radius 2 is 2.00 bits per heavy atom. The van der Waals surface area contributed by atoms with E-state index in [0.29, 0.717) is 17.4 Å². The number of amides is 2. The first kappa shape index (κ1) is 20.6. The normalized spacial score (nSPS) is 23.2. The highest BCUT2D eigenvalue weighted by Crippen LogP contribution is 2.55. The SMILES string of the molecule is CNC(=O)n1ccc(N2CC3CC3c3cc(C(=O)N4CCC(F)(F)CC4)cnc32)cc1=N. The monoisotopic (exact) mass is 442 g/mol. The first-order valence-corrected chi connectivity index (χ1v) is 10.7. The largest absolute Gasteiger partial charge is 0.340 e. The minimum atomic E-state index is -2.70. The van der Waals surface area contributed by atoms with Crippen LogP contribution in [0, 0.1) is 11.3 Å². The van der Waals surface area contributed by atoms with E-state index in [-0.39, 0.29) is 43.4 Å². The second kappa shape index (κ2) is 7.39. The van der Waals surface area contributed by atoms with Crippen molar-refractivity contribution in [2.75, 3.05) is 31.6 Å². The molecule has 32 heavy (non-hydrogen) atoms. The highest BCUT2D eigenvalue weighted by atomic mass is 19.3. The van der Waals surface area contributed by atoms with Gasteiger partial charge in [-0.15, -0.1) is 0 Å². The predicted octanol–water partition coefficient (Wildman–Crippen LogP) is 2.68. The number of likely N-dealkylation sites (tertiary alicyclic amines) is 1. The number of aromatic nitrogens is 2. The van der Waals surface area contributed by atoms with Crippen LogP contribution in [0.2, 0.25) is 0 Å². The summed E-state index contributed by atoms with van der Waals surface area (Å²) >= 11 is 0. The van der Waals surface area contributed by atoms with Crippen LogP contribution in [-0.4, -0.2) is 59.0 Å². The Balaban J connectivity index is 1.43. The molecule has 168 valence electrons. The van der Waals surface area contributed by atoms with Crippen LogP contribution in [-0.2, 0) is 0 Å². The Morgan fingerprint density at radius 3 is 2.69 bits per heavy atom. The predicted molar refractivity (Wildman–Crippen MR) is 112 cm³/mol. The molecule has 1 aliphatic carbocycles. The summed E-state index contributed by atoms with van der Waals surface area (Å²) in [5.41, 5.74) is 2.21. The number of alkyl halides is 2. The molecular formula is C22H24F2N6O2. The van der Waals surface area contributed by atoms with Gasteiger partial charge in [0.1, 0.15) is 11.3 Å². The van der Waals surface area contributed by atoms with E-state index < -0.39 is 5.92 Å². The zero-order chi connectivity index (χ0) is 22.6. The summed E-state index contributed by atoms with van der Waals surface area (Å²) in [7, 11) is 1.51. The molecule has 0 bridgehead atoms. The average molecular weight is 442 g/mol. The first-order chi connectivity index (χ1) is 15.3. The number of piperidine rings is 1. The van der Waals surface area contributed by atoms with E-state index in [4.69, 9.17) is 5.41 Å². The van der Waals surface area contributed by atoms with Crippen molar-refractivity contribution in [3.8, 4) is 0 Å². The molecule has 4 heterocycles. The summed E-state index contributed by atoms with van der Waals surface area (Å²) in [5, 5.41) is 10.7. The molecule has 8 nitrogen and oxygen atoms in total. The van der Waals surface area contributed by atoms with Gasteiger partial charge in [-0.3, -0.25) is 14.8 Å². The van der Waals surface area contributed by atoms with Crippen molar-refractivity contribution in [2.24, 2.45) is 5.92 Å². The Labute approximate surface area is 183 Å². The molecule has 5 rings (SSSR count). The Morgan fingerprint density at radius 1 is 1.25 bits per heavy atom. The van der Waals surface area contributed by atoms with Gasteiger partial charge in [-0.25, -0.2) is 18.6 Å². The van der Waals surface area contributed by atoms with Gasteiger partial charge in [0.15, 0.2) is 0 Å². The Kier molecular flexibility index (Phi) is 4.75. The maximum atomic E-state index is 13.5. The Hall–Kier alpha value is -3.30. The van der Waals surface area contributed by atoms with Gasteiger partial charge in [0.25, 0.3) is 11.8 Å². The van der Waals surface area contributed by atoms with E-state index >= 15 is 0 Å². The molecule has 1 saturated heterocycles. The van der Waals surface area contributed by atoms with Gasteiger partial charge in [-0.1, -0.05) is 0 Å². The average Bonchev–Trinajstić information content (AvgIpc) is 3.57. The van der Waals surface area contributed by atoms with Crippen molar-refractivity contribution in [1.82, 2.24) is 19.8 Å². The lowest BCUT2D eigenvalue weighted by Crippen LogP contribution is -2.42. The summed E-state index contributed by atoms with van der Waals surface area (Å²) in [6.07, 6.45) is 3.44. The van der Waals surface area contributed by atoms with Gasteiger partial charge in [-0.05, 0) is 36.0 Å². The fourth-order valence-electron chi connectivity index (χ4n) is 4.64. The molecule has 2 aromatic rings. The van der Waals surface area contributed by atoms with E-state index in [9.17, 15) is 18.4 Å². The molecule has 2 unspecified atom stereocenters. The zero-order valence-electron chi connectivity index (χ0n) is 17.6. The molecule has 1 saturated carbocycles. The Bertz CT molecular complexity index is 1150. The minimum Gasteiger partial charge on any atom is -0.340 e.